The lowest BCUT2D eigenvalue weighted by Crippen LogP contribution is -2.33. The quantitative estimate of drug-likeness (QED) is 0.336. The molecule has 0 bridgehead atoms. The van der Waals surface area contributed by atoms with Crippen LogP contribution in [0.15, 0.2) is 59.4 Å². The van der Waals surface area contributed by atoms with Crippen molar-refractivity contribution >= 4 is 17.8 Å². The van der Waals surface area contributed by atoms with Crippen LogP contribution in [0.1, 0.15) is 47.7 Å². The summed E-state index contributed by atoms with van der Waals surface area (Å²) in [7, 11) is 0. The predicted molar refractivity (Wildman–Crippen MR) is 134 cm³/mol. The van der Waals surface area contributed by atoms with Crippen LogP contribution in [-0.2, 0) is 17.5 Å². The van der Waals surface area contributed by atoms with Gasteiger partial charge in [0.05, 0.1) is 24.3 Å². The van der Waals surface area contributed by atoms with E-state index in [0.717, 1.165) is 31.4 Å². The summed E-state index contributed by atoms with van der Waals surface area (Å²) in [6.45, 7) is 2.51. The zero-order valence-corrected chi connectivity index (χ0v) is 20.3. The summed E-state index contributed by atoms with van der Waals surface area (Å²) < 4.78 is 40.2. The number of aromatic nitrogens is 2. The number of hydrogen-bond acceptors (Lipinski definition) is 5. The number of nitrogens with zero attached hydrogens (tertiary/aromatic N) is 2. The lowest BCUT2D eigenvalue weighted by Gasteiger charge is -2.16. The first-order chi connectivity index (χ1) is 17.6. The number of nitrogens with one attached hydrogen (secondary N) is 2. The van der Waals surface area contributed by atoms with E-state index in [1.54, 1.807) is 24.3 Å². The standard InChI is InChI=1S/C26H28F3N5O3/c1-2-3-4-13-31-25-33-21(18-9-11-20(12-10-18)26(27,28)29)14-23(36)34(25)16-17-5-7-19(8-6-17)24(37)32-15-22(30)35/h5-12,14H,2-4,13,15-16H2,1H3,(H2,30,35)(H,31,33)(H,32,37). The van der Waals surface area contributed by atoms with Gasteiger partial charge in [-0.25, -0.2) is 4.98 Å². The van der Waals surface area contributed by atoms with Crippen LogP contribution >= 0.6 is 0 Å². The van der Waals surface area contributed by atoms with E-state index in [1.807, 2.05) is 0 Å². The van der Waals surface area contributed by atoms with Crippen molar-refractivity contribution in [2.24, 2.45) is 5.73 Å². The number of carbonyl (C=O) groups is 2. The van der Waals surface area contributed by atoms with Crippen LogP contribution in [0.2, 0.25) is 0 Å². The molecule has 3 aromatic rings. The van der Waals surface area contributed by atoms with Crippen LogP contribution in [0.25, 0.3) is 11.3 Å². The Kier molecular flexibility index (Phi) is 9.05. The molecule has 0 aliphatic heterocycles. The summed E-state index contributed by atoms with van der Waals surface area (Å²) in [5, 5.41) is 5.58. The molecule has 1 heterocycles. The first-order valence-electron chi connectivity index (χ1n) is 11.8. The van der Waals surface area contributed by atoms with Gasteiger partial charge in [-0.15, -0.1) is 0 Å². The summed E-state index contributed by atoms with van der Waals surface area (Å²) in [4.78, 5) is 40.6. The lowest BCUT2D eigenvalue weighted by molar-refractivity contribution is -0.137. The Labute approximate surface area is 211 Å². The predicted octanol–water partition coefficient (Wildman–Crippen LogP) is 3.79. The molecule has 37 heavy (non-hydrogen) atoms. The molecule has 3 rings (SSSR count). The maximum absolute atomic E-state index is 13.1. The van der Waals surface area contributed by atoms with Crippen molar-refractivity contribution in [2.75, 3.05) is 18.4 Å². The number of nitrogens with two attached hydrogens (primary N) is 1. The molecule has 2 amide bonds. The number of alkyl halides is 3. The van der Waals surface area contributed by atoms with Crippen molar-refractivity contribution in [2.45, 2.75) is 38.9 Å². The molecule has 8 nitrogen and oxygen atoms in total. The van der Waals surface area contributed by atoms with Gasteiger partial charge >= 0.3 is 6.18 Å². The Bertz CT molecular complexity index is 1290. The molecule has 0 saturated heterocycles. The molecular weight excluding hydrogens is 487 g/mol. The number of carbonyl (C=O) groups excluding carboxylic acids is 2. The van der Waals surface area contributed by atoms with Crippen molar-refractivity contribution in [3.8, 4) is 11.3 Å². The molecule has 2 aromatic carbocycles. The van der Waals surface area contributed by atoms with Crippen LogP contribution in [0.4, 0.5) is 19.1 Å². The largest absolute Gasteiger partial charge is 0.416 e. The van der Waals surface area contributed by atoms with E-state index in [9.17, 15) is 27.6 Å². The van der Waals surface area contributed by atoms with Crippen LogP contribution in [0, 0.1) is 0 Å². The number of halogens is 3. The molecule has 0 radical (unpaired) electrons. The second-order valence-electron chi connectivity index (χ2n) is 8.44. The number of hydrogen-bond donors (Lipinski definition) is 3. The Morgan fingerprint density at radius 3 is 2.30 bits per heavy atom. The maximum Gasteiger partial charge on any atom is 0.416 e. The van der Waals surface area contributed by atoms with Gasteiger partial charge in [-0.2, -0.15) is 13.2 Å². The van der Waals surface area contributed by atoms with Gasteiger partial charge in [-0.05, 0) is 36.2 Å². The van der Waals surface area contributed by atoms with E-state index in [2.05, 4.69) is 22.5 Å². The van der Waals surface area contributed by atoms with Crippen LogP contribution < -0.4 is 21.9 Å². The summed E-state index contributed by atoms with van der Waals surface area (Å²) in [5.41, 5.74) is 5.56. The van der Waals surface area contributed by atoms with Gasteiger partial charge in [0.2, 0.25) is 11.9 Å². The van der Waals surface area contributed by atoms with E-state index in [0.29, 0.717) is 29.2 Å². The number of rotatable bonds is 11. The highest BCUT2D eigenvalue weighted by molar-refractivity contribution is 5.96. The summed E-state index contributed by atoms with van der Waals surface area (Å²) in [6, 6.07) is 12.3. The highest BCUT2D eigenvalue weighted by Crippen LogP contribution is 2.30. The normalized spacial score (nSPS) is 11.2. The molecule has 196 valence electrons. The molecule has 0 aliphatic carbocycles. The fourth-order valence-corrected chi connectivity index (χ4v) is 3.56. The summed E-state index contributed by atoms with van der Waals surface area (Å²) in [6.07, 6.45) is -1.62. The van der Waals surface area contributed by atoms with Gasteiger partial charge in [0.15, 0.2) is 0 Å². The van der Waals surface area contributed by atoms with Gasteiger partial charge in [-0.1, -0.05) is 44.0 Å². The van der Waals surface area contributed by atoms with E-state index in [4.69, 9.17) is 5.73 Å². The highest BCUT2D eigenvalue weighted by atomic mass is 19.4. The fourth-order valence-electron chi connectivity index (χ4n) is 3.56. The third kappa shape index (κ3) is 7.66. The van der Waals surface area contributed by atoms with E-state index in [-0.39, 0.29) is 24.3 Å². The molecular formula is C26H28F3N5O3. The second-order valence-corrected chi connectivity index (χ2v) is 8.44. The number of unbranched alkanes of at least 4 members (excludes halogenated alkanes) is 2. The zero-order valence-electron chi connectivity index (χ0n) is 20.3. The average Bonchev–Trinajstić information content (AvgIpc) is 2.86. The molecule has 1 aromatic heterocycles. The Morgan fingerprint density at radius 2 is 1.70 bits per heavy atom. The lowest BCUT2D eigenvalue weighted by atomic mass is 10.1. The Hall–Kier alpha value is -4.15. The van der Waals surface area contributed by atoms with Gasteiger partial charge in [0.1, 0.15) is 0 Å². The highest BCUT2D eigenvalue weighted by Gasteiger charge is 2.30. The maximum atomic E-state index is 13.1. The molecule has 0 spiro atoms. The van der Waals surface area contributed by atoms with E-state index >= 15 is 0 Å². The molecule has 0 unspecified atom stereocenters. The van der Waals surface area contributed by atoms with E-state index < -0.39 is 23.6 Å². The smallest absolute Gasteiger partial charge is 0.368 e. The number of anilines is 1. The van der Waals surface area contributed by atoms with Crippen LogP contribution in [-0.4, -0.2) is 34.5 Å². The number of primary amides is 1. The van der Waals surface area contributed by atoms with Crippen molar-refractivity contribution in [1.29, 1.82) is 0 Å². The van der Waals surface area contributed by atoms with Crippen molar-refractivity contribution in [1.82, 2.24) is 14.9 Å². The van der Waals surface area contributed by atoms with Crippen LogP contribution in [0.3, 0.4) is 0 Å². The molecule has 11 heteroatoms. The van der Waals surface area contributed by atoms with Crippen molar-refractivity contribution in [3.63, 3.8) is 0 Å². The third-order valence-corrected chi connectivity index (χ3v) is 5.56. The van der Waals surface area contributed by atoms with Gasteiger partial charge in [-0.3, -0.25) is 19.0 Å². The second kappa shape index (κ2) is 12.2. The molecule has 0 aliphatic rings. The van der Waals surface area contributed by atoms with Crippen molar-refractivity contribution < 1.29 is 22.8 Å². The van der Waals surface area contributed by atoms with Gasteiger partial charge < -0.3 is 16.4 Å². The minimum atomic E-state index is -4.46. The molecule has 0 saturated carbocycles. The van der Waals surface area contributed by atoms with E-state index in [1.165, 1.54) is 22.8 Å². The minimum Gasteiger partial charge on any atom is -0.368 e. The van der Waals surface area contributed by atoms with Gasteiger partial charge in [0.25, 0.3) is 11.5 Å². The minimum absolute atomic E-state index is 0.151. The first kappa shape index (κ1) is 27.4. The molecule has 0 fully saturated rings. The molecule has 4 N–H and O–H groups in total. The topological polar surface area (TPSA) is 119 Å². The Morgan fingerprint density at radius 1 is 1.03 bits per heavy atom. The van der Waals surface area contributed by atoms with Crippen molar-refractivity contribution in [3.05, 3.63) is 81.6 Å². The third-order valence-electron chi connectivity index (χ3n) is 5.56. The fraction of sp³-hybridized carbons (Fsp3) is 0.308. The average molecular weight is 516 g/mol. The van der Waals surface area contributed by atoms with Crippen LogP contribution in [0.5, 0.6) is 0 Å². The zero-order chi connectivity index (χ0) is 27.0. The molecule has 0 atom stereocenters. The Balaban J connectivity index is 1.87. The van der Waals surface area contributed by atoms with Gasteiger partial charge in [0, 0.05) is 23.7 Å². The summed E-state index contributed by atoms with van der Waals surface area (Å²) in [5.74, 6) is -0.819. The number of benzene rings is 2. The first-order valence-corrected chi connectivity index (χ1v) is 11.8. The SMILES string of the molecule is CCCCCNc1nc(-c2ccc(C(F)(F)F)cc2)cc(=O)n1Cc1ccc(C(=O)NCC(N)=O)cc1. The number of amides is 2. The monoisotopic (exact) mass is 515 g/mol. The summed E-state index contributed by atoms with van der Waals surface area (Å²) >= 11 is 0.